The van der Waals surface area contributed by atoms with Gasteiger partial charge in [0.1, 0.15) is 4.83 Å². The zero-order valence-corrected chi connectivity index (χ0v) is 18.7. The van der Waals surface area contributed by atoms with Crippen LogP contribution in [0.25, 0.3) is 10.2 Å². The molecule has 0 radical (unpaired) electrons. The fourth-order valence-electron chi connectivity index (χ4n) is 3.52. The van der Waals surface area contributed by atoms with Crippen molar-refractivity contribution in [2.75, 3.05) is 32.9 Å². The molecule has 0 spiro atoms. The zero-order valence-electron chi connectivity index (χ0n) is 17.0. The lowest BCUT2D eigenvalue weighted by Crippen LogP contribution is -2.28. The maximum absolute atomic E-state index is 13.4. The Hall–Kier alpha value is -1.38. The fourth-order valence-corrected chi connectivity index (χ4v) is 5.68. The number of thioether (sulfide) groups is 1. The van der Waals surface area contributed by atoms with Crippen LogP contribution in [-0.4, -0.2) is 53.3 Å². The van der Waals surface area contributed by atoms with Crippen LogP contribution in [0, 0.1) is 0 Å². The number of rotatable bonds is 9. The molecule has 0 fully saturated rings. The molecule has 0 aromatic carbocycles. The molecule has 1 aliphatic carbocycles. The topological polar surface area (TPSA) is 67.2 Å². The number of aromatic nitrogens is 2. The lowest BCUT2D eigenvalue weighted by molar-refractivity contribution is -0.118. The van der Waals surface area contributed by atoms with Crippen molar-refractivity contribution in [3.63, 3.8) is 0 Å². The highest BCUT2D eigenvalue weighted by molar-refractivity contribution is 7.99. The molecule has 0 saturated carbocycles. The highest BCUT2D eigenvalue weighted by Gasteiger charge is 2.22. The molecule has 154 valence electrons. The van der Waals surface area contributed by atoms with E-state index in [1.54, 1.807) is 15.9 Å². The number of nitrogens with zero attached hydrogens (tertiary/aromatic N) is 3. The van der Waals surface area contributed by atoms with Gasteiger partial charge in [0, 0.05) is 18.0 Å². The molecule has 3 rings (SSSR count). The van der Waals surface area contributed by atoms with Gasteiger partial charge >= 0.3 is 0 Å². The summed E-state index contributed by atoms with van der Waals surface area (Å²) in [6, 6.07) is 0. The van der Waals surface area contributed by atoms with Crippen molar-refractivity contribution in [1.29, 1.82) is 0 Å². The quantitative estimate of drug-likeness (QED) is 0.497. The smallest absolute Gasteiger partial charge is 0.263 e. The Morgan fingerprint density at radius 2 is 2.11 bits per heavy atom. The van der Waals surface area contributed by atoms with Gasteiger partial charge in [0.05, 0.1) is 11.1 Å². The van der Waals surface area contributed by atoms with E-state index in [1.807, 2.05) is 21.0 Å². The van der Waals surface area contributed by atoms with E-state index in [9.17, 15) is 9.59 Å². The van der Waals surface area contributed by atoms with E-state index in [-0.39, 0.29) is 17.2 Å². The first-order chi connectivity index (χ1) is 13.5. The molecule has 6 nitrogen and oxygen atoms in total. The second-order valence-corrected chi connectivity index (χ2v) is 9.56. The van der Waals surface area contributed by atoms with Gasteiger partial charge in [-0.2, -0.15) is 0 Å². The summed E-state index contributed by atoms with van der Waals surface area (Å²) < 4.78 is 1.80. The Labute approximate surface area is 174 Å². The number of thiophene rings is 1. The van der Waals surface area contributed by atoms with Crippen LogP contribution in [0.2, 0.25) is 0 Å². The van der Waals surface area contributed by atoms with E-state index >= 15 is 0 Å². The SMILES string of the molecule is CCCNC(=O)CSc1nc2sc3c(c2c(=O)n1CCCN(C)C)CCCC3. The molecule has 2 heterocycles. The Morgan fingerprint density at radius 1 is 1.32 bits per heavy atom. The largest absolute Gasteiger partial charge is 0.355 e. The van der Waals surface area contributed by atoms with Gasteiger partial charge in [-0.3, -0.25) is 14.2 Å². The van der Waals surface area contributed by atoms with Gasteiger partial charge in [-0.15, -0.1) is 11.3 Å². The van der Waals surface area contributed by atoms with Crippen LogP contribution in [0.15, 0.2) is 9.95 Å². The van der Waals surface area contributed by atoms with Crippen LogP contribution < -0.4 is 10.9 Å². The van der Waals surface area contributed by atoms with E-state index in [0.29, 0.717) is 18.2 Å². The maximum atomic E-state index is 13.4. The van der Waals surface area contributed by atoms with Crippen molar-refractivity contribution in [2.24, 2.45) is 0 Å². The lowest BCUT2D eigenvalue weighted by atomic mass is 9.97. The van der Waals surface area contributed by atoms with Gasteiger partial charge in [0.2, 0.25) is 5.91 Å². The number of carbonyl (C=O) groups excluding carboxylic acids is 1. The summed E-state index contributed by atoms with van der Waals surface area (Å²) in [6.45, 7) is 4.25. The van der Waals surface area contributed by atoms with Crippen LogP contribution >= 0.6 is 23.1 Å². The Balaban J connectivity index is 1.92. The minimum atomic E-state index is -0.00786. The molecule has 2 aromatic heterocycles. The fraction of sp³-hybridized carbons (Fsp3) is 0.650. The van der Waals surface area contributed by atoms with Crippen molar-refractivity contribution >= 4 is 39.2 Å². The second-order valence-electron chi connectivity index (χ2n) is 7.54. The molecule has 1 aliphatic rings. The first-order valence-electron chi connectivity index (χ1n) is 10.1. The Kier molecular flexibility index (Phi) is 7.54. The molecular weight excluding hydrogens is 392 g/mol. The summed E-state index contributed by atoms with van der Waals surface area (Å²) >= 11 is 3.04. The summed E-state index contributed by atoms with van der Waals surface area (Å²) in [6.07, 6.45) is 6.16. The number of hydrogen-bond acceptors (Lipinski definition) is 6. The molecule has 0 bridgehead atoms. The van der Waals surface area contributed by atoms with Crippen molar-refractivity contribution in [3.05, 3.63) is 20.8 Å². The summed E-state index contributed by atoms with van der Waals surface area (Å²) in [5, 5.41) is 4.38. The molecule has 1 N–H and O–H groups in total. The van der Waals surface area contributed by atoms with Crippen molar-refractivity contribution in [3.8, 4) is 0 Å². The van der Waals surface area contributed by atoms with Crippen LogP contribution in [0.5, 0.6) is 0 Å². The predicted octanol–water partition coefficient (Wildman–Crippen LogP) is 2.91. The maximum Gasteiger partial charge on any atom is 0.263 e. The standard InChI is InChI=1S/C20H30N4O2S2/c1-4-10-21-16(25)13-27-20-22-18-17(14-8-5-6-9-15(14)28-18)19(26)24(20)12-7-11-23(2)3/h4-13H2,1-3H3,(H,21,25). The third-order valence-electron chi connectivity index (χ3n) is 4.93. The van der Waals surface area contributed by atoms with Crippen LogP contribution in [0.4, 0.5) is 0 Å². The van der Waals surface area contributed by atoms with Gasteiger partial charge in [-0.25, -0.2) is 4.98 Å². The molecule has 0 unspecified atom stereocenters. The van der Waals surface area contributed by atoms with Crippen molar-refractivity contribution < 1.29 is 4.79 Å². The molecule has 0 atom stereocenters. The number of hydrogen-bond donors (Lipinski definition) is 1. The average molecular weight is 423 g/mol. The van der Waals surface area contributed by atoms with E-state index < -0.39 is 0 Å². The molecule has 0 saturated heterocycles. The van der Waals surface area contributed by atoms with Crippen LogP contribution in [0.1, 0.15) is 43.0 Å². The molecule has 0 aliphatic heterocycles. The van der Waals surface area contributed by atoms with Crippen LogP contribution in [0.3, 0.4) is 0 Å². The summed E-state index contributed by atoms with van der Waals surface area (Å²) in [5.41, 5.74) is 1.29. The van der Waals surface area contributed by atoms with Crippen molar-refractivity contribution in [2.45, 2.75) is 57.1 Å². The average Bonchev–Trinajstić information content (AvgIpc) is 3.04. The lowest BCUT2D eigenvalue weighted by Gasteiger charge is -2.15. The highest BCUT2D eigenvalue weighted by atomic mass is 32.2. The first-order valence-corrected chi connectivity index (χ1v) is 11.9. The zero-order chi connectivity index (χ0) is 20.1. The number of fused-ring (bicyclic) bond motifs is 3. The van der Waals surface area contributed by atoms with E-state index in [2.05, 4.69) is 10.2 Å². The van der Waals surface area contributed by atoms with Gasteiger partial charge in [-0.05, 0) is 64.7 Å². The van der Waals surface area contributed by atoms with E-state index in [0.717, 1.165) is 48.9 Å². The minimum absolute atomic E-state index is 0.00786. The number of aryl methyl sites for hydroxylation is 2. The summed E-state index contributed by atoms with van der Waals surface area (Å²) in [4.78, 5) is 34.6. The van der Waals surface area contributed by atoms with Crippen LogP contribution in [-0.2, 0) is 24.2 Å². The van der Waals surface area contributed by atoms with E-state index in [4.69, 9.17) is 4.98 Å². The summed E-state index contributed by atoms with van der Waals surface area (Å²) in [7, 11) is 4.07. The normalized spacial score (nSPS) is 13.9. The van der Waals surface area contributed by atoms with E-state index in [1.165, 1.54) is 28.6 Å². The molecule has 28 heavy (non-hydrogen) atoms. The van der Waals surface area contributed by atoms with Gasteiger partial charge in [0.25, 0.3) is 5.56 Å². The third kappa shape index (κ3) is 4.96. The molecule has 2 aromatic rings. The van der Waals surface area contributed by atoms with Gasteiger partial charge in [0.15, 0.2) is 5.16 Å². The molecule has 1 amide bonds. The first kappa shape index (κ1) is 21.3. The number of carbonyl (C=O) groups is 1. The predicted molar refractivity (Wildman–Crippen MR) is 118 cm³/mol. The van der Waals surface area contributed by atoms with Gasteiger partial charge < -0.3 is 10.2 Å². The number of nitrogens with one attached hydrogen (secondary N) is 1. The third-order valence-corrected chi connectivity index (χ3v) is 7.09. The molecular formula is C20H30N4O2S2. The molecule has 8 heteroatoms. The Morgan fingerprint density at radius 3 is 2.86 bits per heavy atom. The number of amides is 1. The monoisotopic (exact) mass is 422 g/mol. The summed E-state index contributed by atoms with van der Waals surface area (Å²) in [5.74, 6) is 0.281. The highest BCUT2D eigenvalue weighted by Crippen LogP contribution is 2.34. The Bertz CT molecular complexity index is 888. The van der Waals surface area contributed by atoms with Gasteiger partial charge in [-0.1, -0.05) is 18.7 Å². The minimum Gasteiger partial charge on any atom is -0.355 e. The van der Waals surface area contributed by atoms with Crippen molar-refractivity contribution in [1.82, 2.24) is 19.8 Å². The second kappa shape index (κ2) is 9.89.